The van der Waals surface area contributed by atoms with Crippen molar-refractivity contribution in [1.82, 2.24) is 0 Å². The number of unbranched alkanes of at least 4 members (excludes halogenated alkanes) is 29. The molecule has 17 nitrogen and oxygen atoms in total. The van der Waals surface area contributed by atoms with Crippen LogP contribution in [0, 0.1) is 0 Å². The standard InChI is InChI=1S/C87H148O17P2/c1-5-9-13-17-21-25-29-33-36-39-40-43-45-49-52-56-60-64-68-72-85(90)98-78-83(104-87(92)74-70-66-62-58-54-50-46-42-38-35-31-27-23-19-15-11-7-3)80-102-106(95,96)100-76-81(88)75-99-105(93,94)101-79-82(103-86(91)73-69-65-61-57-53-47-32-28-24-20-16-12-8-4)77-97-84(89)71-67-63-59-55-51-48-44-41-37-34-30-26-22-18-14-10-6-2/h9-11,13-15,21-23,25-28,32-38,40,43,81-83,88H,5-8,12,16-20,24,29-31,39,41-42,44-80H2,1-4H3,(H,93,94)(H,95,96)/b13-9-,14-10-,15-11-,25-21-,26-22-,27-23-,32-28-,36-33-,37-34-,38-35-,43-40-. The molecule has 0 aromatic rings. The number of aliphatic hydroxyl groups is 1. The third kappa shape index (κ3) is 77.4. The molecule has 0 fully saturated rings. The van der Waals surface area contributed by atoms with Crippen LogP contribution >= 0.6 is 15.6 Å². The van der Waals surface area contributed by atoms with Crippen LogP contribution in [-0.2, 0) is 65.4 Å². The van der Waals surface area contributed by atoms with Gasteiger partial charge in [0, 0.05) is 25.7 Å². The highest BCUT2D eigenvalue weighted by Gasteiger charge is 2.30. The van der Waals surface area contributed by atoms with E-state index in [0.29, 0.717) is 25.7 Å². The Labute approximate surface area is 644 Å². The van der Waals surface area contributed by atoms with Gasteiger partial charge in [0.15, 0.2) is 12.2 Å². The first-order valence-corrected chi connectivity index (χ1v) is 44.4. The molecule has 0 aliphatic heterocycles. The van der Waals surface area contributed by atoms with Crippen molar-refractivity contribution >= 4 is 39.5 Å². The summed E-state index contributed by atoms with van der Waals surface area (Å²) >= 11 is 0. The number of esters is 4. The van der Waals surface area contributed by atoms with Crippen molar-refractivity contribution in [2.75, 3.05) is 39.6 Å². The van der Waals surface area contributed by atoms with E-state index in [1.807, 2.05) is 0 Å². The number of hydrogen-bond acceptors (Lipinski definition) is 15. The predicted octanol–water partition coefficient (Wildman–Crippen LogP) is 24.4. The molecule has 0 aromatic carbocycles. The molecule has 0 heterocycles. The summed E-state index contributed by atoms with van der Waals surface area (Å²) in [4.78, 5) is 73.2. The summed E-state index contributed by atoms with van der Waals surface area (Å²) in [6, 6.07) is 0. The van der Waals surface area contributed by atoms with Crippen molar-refractivity contribution in [3.8, 4) is 0 Å². The molecule has 0 bridgehead atoms. The van der Waals surface area contributed by atoms with E-state index in [9.17, 15) is 43.2 Å². The van der Waals surface area contributed by atoms with E-state index in [4.69, 9.17) is 37.0 Å². The van der Waals surface area contributed by atoms with Gasteiger partial charge in [0.2, 0.25) is 0 Å². The highest BCUT2D eigenvalue weighted by Crippen LogP contribution is 2.45. The molecule has 0 saturated heterocycles. The lowest BCUT2D eigenvalue weighted by molar-refractivity contribution is -0.161. The van der Waals surface area contributed by atoms with Crippen LogP contribution in [0.2, 0.25) is 0 Å². The Kier molecular flexibility index (Phi) is 74.8. The molecule has 0 aromatic heterocycles. The number of carbonyl (C=O) groups excluding carboxylic acids is 4. The molecule has 19 heteroatoms. The van der Waals surface area contributed by atoms with Gasteiger partial charge in [-0.3, -0.25) is 37.3 Å². The Morgan fingerprint density at radius 1 is 0.274 bits per heavy atom. The van der Waals surface area contributed by atoms with Crippen molar-refractivity contribution in [1.29, 1.82) is 0 Å². The fourth-order valence-corrected chi connectivity index (χ4v) is 12.5. The molecule has 0 aliphatic carbocycles. The van der Waals surface area contributed by atoms with Gasteiger partial charge < -0.3 is 33.8 Å². The number of hydrogen-bond donors (Lipinski definition) is 3. The van der Waals surface area contributed by atoms with Crippen molar-refractivity contribution in [3.63, 3.8) is 0 Å². The Bertz CT molecular complexity index is 2530. The zero-order valence-electron chi connectivity index (χ0n) is 66.6. The van der Waals surface area contributed by atoms with Crippen LogP contribution < -0.4 is 0 Å². The third-order valence-electron chi connectivity index (χ3n) is 17.1. The number of rotatable bonds is 77. The van der Waals surface area contributed by atoms with Gasteiger partial charge >= 0.3 is 39.5 Å². The summed E-state index contributed by atoms with van der Waals surface area (Å²) in [6.07, 6.45) is 88.4. The lowest BCUT2D eigenvalue weighted by atomic mass is 10.1. The van der Waals surface area contributed by atoms with Gasteiger partial charge in [0.1, 0.15) is 19.3 Å². The normalized spacial score (nSPS) is 14.5. The topological polar surface area (TPSA) is 237 Å². The molecular formula is C87H148O17P2. The second-order valence-electron chi connectivity index (χ2n) is 27.3. The summed E-state index contributed by atoms with van der Waals surface area (Å²) in [7, 11) is -9.98. The van der Waals surface area contributed by atoms with E-state index in [1.54, 1.807) is 0 Å². The Morgan fingerprint density at radius 3 is 0.764 bits per heavy atom. The summed E-state index contributed by atoms with van der Waals surface area (Å²) in [5, 5.41) is 10.7. The molecule has 0 radical (unpaired) electrons. The summed E-state index contributed by atoms with van der Waals surface area (Å²) in [6.45, 7) is 4.51. The van der Waals surface area contributed by atoms with Crippen LogP contribution in [0.3, 0.4) is 0 Å². The van der Waals surface area contributed by atoms with Gasteiger partial charge in [-0.1, -0.05) is 290 Å². The van der Waals surface area contributed by atoms with E-state index in [0.717, 1.165) is 231 Å². The van der Waals surface area contributed by atoms with Gasteiger partial charge in [-0.2, -0.15) is 0 Å². The van der Waals surface area contributed by atoms with Crippen LogP contribution in [0.1, 0.15) is 336 Å². The maximum absolute atomic E-state index is 13.1. The van der Waals surface area contributed by atoms with Gasteiger partial charge in [0.25, 0.3) is 0 Å². The molecule has 3 N–H and O–H groups in total. The minimum absolute atomic E-state index is 0.0774. The van der Waals surface area contributed by atoms with E-state index >= 15 is 0 Å². The van der Waals surface area contributed by atoms with Gasteiger partial charge in [-0.25, -0.2) is 9.13 Å². The van der Waals surface area contributed by atoms with Crippen LogP contribution in [0.25, 0.3) is 0 Å². The van der Waals surface area contributed by atoms with Crippen LogP contribution in [0.4, 0.5) is 0 Å². The summed E-state index contributed by atoms with van der Waals surface area (Å²) in [5.41, 5.74) is 0. The molecular weight excluding hydrogens is 1380 g/mol. The number of aliphatic hydroxyl groups excluding tert-OH is 1. The second-order valence-corrected chi connectivity index (χ2v) is 30.2. The highest BCUT2D eigenvalue weighted by atomic mass is 31.2. The van der Waals surface area contributed by atoms with E-state index in [1.165, 1.54) is 25.7 Å². The minimum atomic E-state index is -4.99. The smallest absolute Gasteiger partial charge is 0.462 e. The Balaban J connectivity index is 5.38. The van der Waals surface area contributed by atoms with Crippen molar-refractivity contribution in [2.24, 2.45) is 0 Å². The lowest BCUT2D eigenvalue weighted by Crippen LogP contribution is -2.30. The number of phosphoric ester groups is 2. The molecule has 5 atom stereocenters. The first kappa shape index (κ1) is 101. The van der Waals surface area contributed by atoms with Gasteiger partial charge in [-0.05, 0) is 154 Å². The van der Waals surface area contributed by atoms with Crippen molar-refractivity contribution in [2.45, 2.75) is 354 Å². The zero-order chi connectivity index (χ0) is 77.4. The average Bonchev–Trinajstić information content (AvgIpc) is 0.907. The quantitative estimate of drug-likeness (QED) is 0.0169. The van der Waals surface area contributed by atoms with Gasteiger partial charge in [-0.15, -0.1) is 0 Å². The molecule has 0 rings (SSSR count). The average molecular weight is 1530 g/mol. The highest BCUT2D eigenvalue weighted by molar-refractivity contribution is 7.47. The van der Waals surface area contributed by atoms with Crippen molar-refractivity contribution in [3.05, 3.63) is 134 Å². The monoisotopic (exact) mass is 1530 g/mol. The third-order valence-corrected chi connectivity index (χ3v) is 19.0. The lowest BCUT2D eigenvalue weighted by Gasteiger charge is -2.21. The minimum Gasteiger partial charge on any atom is -0.462 e. The van der Waals surface area contributed by atoms with E-state index < -0.39 is 97.5 Å². The molecule has 0 spiro atoms. The number of allylic oxidation sites excluding steroid dienone is 22. The Morgan fingerprint density at radius 2 is 0.491 bits per heavy atom. The van der Waals surface area contributed by atoms with E-state index in [2.05, 4.69) is 161 Å². The molecule has 608 valence electrons. The summed E-state index contributed by atoms with van der Waals surface area (Å²) < 4.78 is 68.7. The first-order valence-electron chi connectivity index (χ1n) is 41.4. The zero-order valence-corrected chi connectivity index (χ0v) is 68.4. The van der Waals surface area contributed by atoms with Crippen molar-refractivity contribution < 1.29 is 80.2 Å². The largest absolute Gasteiger partial charge is 0.472 e. The van der Waals surface area contributed by atoms with E-state index in [-0.39, 0.29) is 25.7 Å². The second kappa shape index (κ2) is 78.3. The first-order chi connectivity index (χ1) is 51.7. The van der Waals surface area contributed by atoms with Crippen LogP contribution in [0.15, 0.2) is 134 Å². The van der Waals surface area contributed by atoms with Gasteiger partial charge in [0.05, 0.1) is 26.4 Å². The fraction of sp³-hybridized carbons (Fsp3) is 0.701. The maximum atomic E-state index is 13.1. The fourth-order valence-electron chi connectivity index (χ4n) is 10.9. The number of ether oxygens (including phenoxy) is 4. The SMILES string of the molecule is CC/C=C\C/C=C\C/C=C\C/C=C\CCCCCCCCC(=O)OCC(COP(=O)(O)OCC(O)COP(=O)(O)OCC(COC(=O)CCCCCCCCC/C=C\C/C=C\C/C=C\CC)OC(=O)CCCCCCC/C=C\CCCCCC)OC(=O)CCCCCCCCC/C=C\C/C=C\C/C=C\CC. The molecule has 106 heavy (non-hydrogen) atoms. The predicted molar refractivity (Wildman–Crippen MR) is 436 cm³/mol. The number of phosphoric acid groups is 2. The van der Waals surface area contributed by atoms with Crippen LogP contribution in [-0.4, -0.2) is 96.7 Å². The molecule has 5 unspecified atom stereocenters. The number of carbonyl (C=O) groups is 4. The molecule has 0 saturated carbocycles. The maximum Gasteiger partial charge on any atom is 0.472 e. The Hall–Kier alpha value is -4.80. The van der Waals surface area contributed by atoms with Crippen LogP contribution in [0.5, 0.6) is 0 Å². The summed E-state index contributed by atoms with van der Waals surface area (Å²) in [5.74, 6) is -2.21. The molecule has 0 aliphatic rings. The molecule has 0 amide bonds.